The Morgan fingerprint density at radius 2 is 1.74 bits per heavy atom. The number of likely N-dealkylation sites (tertiary alicyclic amines) is 1. The number of piperazine rings is 1. The number of aromatic nitrogens is 3. The van der Waals surface area contributed by atoms with Gasteiger partial charge in [-0.25, -0.2) is 0 Å². The molecule has 2 fully saturated rings. The van der Waals surface area contributed by atoms with Gasteiger partial charge in [-0.3, -0.25) is 14.5 Å². The maximum absolute atomic E-state index is 13.1. The van der Waals surface area contributed by atoms with Crippen LogP contribution in [0.3, 0.4) is 0 Å². The van der Waals surface area contributed by atoms with E-state index in [0.717, 1.165) is 57.0 Å². The van der Waals surface area contributed by atoms with Crippen LogP contribution in [0.1, 0.15) is 36.8 Å². The van der Waals surface area contributed by atoms with Crippen LogP contribution in [-0.4, -0.2) is 99.8 Å². The molecule has 5 heterocycles. The molecule has 6 rings (SSSR count). The first-order valence-electron chi connectivity index (χ1n) is 12.7. The molecule has 1 aromatic heterocycles. The summed E-state index contributed by atoms with van der Waals surface area (Å²) in [5, 5.41) is 8.84. The number of nitrogens with zero attached hydrogens (tertiary/aromatic N) is 6. The Morgan fingerprint density at radius 3 is 2.60 bits per heavy atom. The standard InChI is InChI=1S/C25H32N6O4/c32-23(16-28-9-3-5-18(15-28)24-27-26-22-8-4-10-31(22)24)29-11-13-30(14-12-29)25(33)21-17-34-19-6-1-2-7-20(19)35-21/h1-2,6-7,18,21H,3-5,8-17H2. The molecule has 4 aliphatic heterocycles. The van der Waals surface area contributed by atoms with Crippen molar-refractivity contribution in [1.29, 1.82) is 0 Å². The maximum Gasteiger partial charge on any atom is 0.267 e. The van der Waals surface area contributed by atoms with Crippen LogP contribution in [0.4, 0.5) is 0 Å². The van der Waals surface area contributed by atoms with E-state index in [1.54, 1.807) is 4.90 Å². The fourth-order valence-electron chi connectivity index (χ4n) is 5.70. The summed E-state index contributed by atoms with van der Waals surface area (Å²) in [4.78, 5) is 32.0. The molecule has 186 valence electrons. The zero-order chi connectivity index (χ0) is 23.8. The fourth-order valence-corrected chi connectivity index (χ4v) is 5.70. The van der Waals surface area contributed by atoms with Crippen molar-refractivity contribution >= 4 is 11.8 Å². The lowest BCUT2D eigenvalue weighted by Gasteiger charge is -2.38. The summed E-state index contributed by atoms with van der Waals surface area (Å²) in [6.45, 7) is 5.54. The SMILES string of the molecule is O=C(CN1CCCC(c2nnc3n2CCC3)C1)N1CCN(C(=O)C2COc3ccccc3O2)CC1. The minimum Gasteiger partial charge on any atom is -0.485 e. The summed E-state index contributed by atoms with van der Waals surface area (Å²) in [6.07, 6.45) is 3.68. The molecule has 0 saturated carbocycles. The molecule has 1 aromatic carbocycles. The highest BCUT2D eigenvalue weighted by Crippen LogP contribution is 2.31. The smallest absolute Gasteiger partial charge is 0.267 e. The predicted octanol–water partition coefficient (Wildman–Crippen LogP) is 0.915. The summed E-state index contributed by atoms with van der Waals surface area (Å²) < 4.78 is 13.9. The summed E-state index contributed by atoms with van der Waals surface area (Å²) in [5.74, 6) is 3.87. The zero-order valence-electron chi connectivity index (χ0n) is 20.0. The number of piperidine rings is 1. The van der Waals surface area contributed by atoms with Crippen molar-refractivity contribution in [1.82, 2.24) is 29.5 Å². The first kappa shape index (κ1) is 22.3. The van der Waals surface area contributed by atoms with Crippen LogP contribution >= 0.6 is 0 Å². The number of benzene rings is 1. The molecule has 4 aliphatic rings. The van der Waals surface area contributed by atoms with Crippen molar-refractivity contribution in [3.8, 4) is 11.5 Å². The van der Waals surface area contributed by atoms with Crippen LogP contribution in [0.15, 0.2) is 24.3 Å². The third-order valence-corrected chi connectivity index (χ3v) is 7.60. The third kappa shape index (κ3) is 4.47. The van der Waals surface area contributed by atoms with Crippen molar-refractivity contribution in [2.45, 2.75) is 44.2 Å². The van der Waals surface area contributed by atoms with Gasteiger partial charge in [0.25, 0.3) is 5.91 Å². The Balaban J connectivity index is 0.994. The molecule has 2 unspecified atom stereocenters. The van der Waals surface area contributed by atoms with E-state index in [1.807, 2.05) is 29.2 Å². The monoisotopic (exact) mass is 480 g/mol. The Kier molecular flexibility index (Phi) is 6.05. The van der Waals surface area contributed by atoms with Crippen LogP contribution in [0.2, 0.25) is 0 Å². The van der Waals surface area contributed by atoms with Crippen molar-refractivity contribution in [3.63, 3.8) is 0 Å². The second-order valence-corrected chi connectivity index (χ2v) is 9.87. The van der Waals surface area contributed by atoms with E-state index in [1.165, 1.54) is 0 Å². The molecule has 10 heteroatoms. The van der Waals surface area contributed by atoms with Gasteiger partial charge in [-0.15, -0.1) is 10.2 Å². The number of aryl methyl sites for hydroxylation is 1. The summed E-state index contributed by atoms with van der Waals surface area (Å²) in [7, 11) is 0. The first-order chi connectivity index (χ1) is 17.2. The Morgan fingerprint density at radius 1 is 0.943 bits per heavy atom. The topological polar surface area (TPSA) is 93.0 Å². The van der Waals surface area contributed by atoms with Crippen LogP contribution in [-0.2, 0) is 22.6 Å². The molecular weight excluding hydrogens is 448 g/mol. The van der Waals surface area contributed by atoms with Gasteiger partial charge in [0, 0.05) is 51.6 Å². The molecule has 10 nitrogen and oxygen atoms in total. The molecule has 0 bridgehead atoms. The van der Waals surface area contributed by atoms with Gasteiger partial charge in [0.15, 0.2) is 11.5 Å². The highest BCUT2D eigenvalue weighted by molar-refractivity contribution is 5.83. The van der Waals surface area contributed by atoms with Crippen LogP contribution in [0.25, 0.3) is 0 Å². The minimum absolute atomic E-state index is 0.0775. The van der Waals surface area contributed by atoms with E-state index in [2.05, 4.69) is 19.7 Å². The van der Waals surface area contributed by atoms with Crippen LogP contribution in [0, 0.1) is 0 Å². The maximum atomic E-state index is 13.1. The molecular formula is C25H32N6O4. The Labute approximate surface area is 204 Å². The van der Waals surface area contributed by atoms with Gasteiger partial charge < -0.3 is 23.8 Å². The van der Waals surface area contributed by atoms with Crippen molar-refractivity contribution < 1.29 is 19.1 Å². The minimum atomic E-state index is -0.643. The first-order valence-corrected chi connectivity index (χ1v) is 12.7. The lowest BCUT2D eigenvalue weighted by atomic mass is 9.97. The van der Waals surface area contributed by atoms with Crippen LogP contribution < -0.4 is 9.47 Å². The van der Waals surface area contributed by atoms with Crippen molar-refractivity contribution in [2.24, 2.45) is 0 Å². The van der Waals surface area contributed by atoms with E-state index in [0.29, 0.717) is 50.1 Å². The summed E-state index contributed by atoms with van der Waals surface area (Å²) in [5.41, 5.74) is 0. The summed E-state index contributed by atoms with van der Waals surface area (Å²) in [6, 6.07) is 7.39. The second-order valence-electron chi connectivity index (χ2n) is 9.87. The van der Waals surface area contributed by atoms with Gasteiger partial charge in [-0.2, -0.15) is 0 Å². The average Bonchev–Trinajstić information content (AvgIpc) is 3.53. The third-order valence-electron chi connectivity index (χ3n) is 7.60. The fraction of sp³-hybridized carbons (Fsp3) is 0.600. The number of rotatable bonds is 4. The number of fused-ring (bicyclic) bond motifs is 2. The van der Waals surface area contributed by atoms with Crippen molar-refractivity contribution in [2.75, 3.05) is 52.4 Å². The number of carbonyl (C=O) groups excluding carboxylic acids is 2. The highest BCUT2D eigenvalue weighted by Gasteiger charge is 2.34. The van der Waals surface area contributed by atoms with Gasteiger partial charge in [-0.05, 0) is 37.9 Å². The summed E-state index contributed by atoms with van der Waals surface area (Å²) >= 11 is 0. The molecule has 35 heavy (non-hydrogen) atoms. The van der Waals surface area contributed by atoms with Gasteiger partial charge >= 0.3 is 0 Å². The number of para-hydroxylation sites is 2. The van der Waals surface area contributed by atoms with Gasteiger partial charge in [0.05, 0.1) is 6.54 Å². The van der Waals surface area contributed by atoms with Crippen LogP contribution in [0.5, 0.6) is 11.5 Å². The molecule has 2 aromatic rings. The van der Waals surface area contributed by atoms with E-state index in [9.17, 15) is 9.59 Å². The number of hydrogen-bond donors (Lipinski definition) is 0. The number of hydrogen-bond acceptors (Lipinski definition) is 7. The van der Waals surface area contributed by atoms with Gasteiger partial charge in [-0.1, -0.05) is 12.1 Å². The van der Waals surface area contributed by atoms with E-state index in [4.69, 9.17) is 9.47 Å². The number of carbonyl (C=O) groups is 2. The second kappa shape index (κ2) is 9.49. The number of ether oxygens (including phenoxy) is 2. The average molecular weight is 481 g/mol. The van der Waals surface area contributed by atoms with E-state index >= 15 is 0 Å². The van der Waals surface area contributed by atoms with E-state index < -0.39 is 6.10 Å². The zero-order valence-corrected chi connectivity index (χ0v) is 20.0. The highest BCUT2D eigenvalue weighted by atomic mass is 16.6. The van der Waals surface area contributed by atoms with Gasteiger partial charge in [0.2, 0.25) is 12.0 Å². The van der Waals surface area contributed by atoms with Crippen molar-refractivity contribution in [3.05, 3.63) is 35.9 Å². The Hall–Kier alpha value is -3.14. The molecule has 2 atom stereocenters. The molecule has 2 saturated heterocycles. The lowest BCUT2D eigenvalue weighted by molar-refractivity contribution is -0.146. The Bertz CT molecular complexity index is 1100. The molecule has 0 spiro atoms. The number of amides is 2. The normalized spacial score (nSPS) is 24.3. The van der Waals surface area contributed by atoms with Gasteiger partial charge in [0.1, 0.15) is 18.3 Å². The predicted molar refractivity (Wildman–Crippen MR) is 126 cm³/mol. The molecule has 0 aliphatic carbocycles. The molecule has 2 amide bonds. The molecule has 0 radical (unpaired) electrons. The lowest BCUT2D eigenvalue weighted by Crippen LogP contribution is -2.56. The quantitative estimate of drug-likeness (QED) is 0.642. The molecule has 0 N–H and O–H groups in total. The largest absolute Gasteiger partial charge is 0.485 e. The van der Waals surface area contributed by atoms with E-state index in [-0.39, 0.29) is 18.4 Å².